The van der Waals surface area contributed by atoms with Crippen LogP contribution in [0, 0.1) is 0 Å². The third-order valence-electron chi connectivity index (χ3n) is 6.11. The van der Waals surface area contributed by atoms with Gasteiger partial charge in [-0.3, -0.25) is 14.8 Å². The van der Waals surface area contributed by atoms with Crippen LogP contribution in [-0.4, -0.2) is 41.1 Å². The number of carbonyl (C=O) groups excluding carboxylic acids is 1. The second kappa shape index (κ2) is 6.76. The Kier molecular flexibility index (Phi) is 4.12. The van der Waals surface area contributed by atoms with Crippen molar-refractivity contribution in [2.75, 3.05) is 19.6 Å². The van der Waals surface area contributed by atoms with Crippen LogP contribution in [0.4, 0.5) is 0 Å². The molecule has 0 N–H and O–H groups in total. The van der Waals surface area contributed by atoms with Crippen molar-refractivity contribution in [3.8, 4) is 0 Å². The van der Waals surface area contributed by atoms with E-state index in [1.165, 1.54) is 22.3 Å². The monoisotopic (exact) mass is 357 g/mol. The molecular weight excluding hydrogens is 334 g/mol. The Bertz CT molecular complexity index is 945. The third-order valence-corrected chi connectivity index (χ3v) is 6.11. The predicted molar refractivity (Wildman–Crippen MR) is 106 cm³/mol. The van der Waals surface area contributed by atoms with Gasteiger partial charge in [-0.25, -0.2) is 0 Å². The lowest BCUT2D eigenvalue weighted by Crippen LogP contribution is -2.41. The number of nitrogens with zero attached hydrogens (tertiary/aromatic N) is 3. The minimum atomic E-state index is 0.0137. The van der Waals surface area contributed by atoms with Gasteiger partial charge < -0.3 is 4.90 Å². The molecule has 1 atom stereocenters. The predicted octanol–water partition coefficient (Wildman–Crippen LogP) is 3.53. The van der Waals surface area contributed by atoms with E-state index in [0.29, 0.717) is 6.54 Å². The molecule has 1 aromatic heterocycles. The molecule has 5 rings (SSSR count). The number of amides is 1. The summed E-state index contributed by atoms with van der Waals surface area (Å²) < 4.78 is 0. The molecule has 4 heteroatoms. The molecule has 0 saturated heterocycles. The molecule has 4 nitrogen and oxygen atoms in total. The van der Waals surface area contributed by atoms with E-state index >= 15 is 0 Å². The van der Waals surface area contributed by atoms with Gasteiger partial charge in [0.1, 0.15) is 0 Å². The second-order valence-electron chi connectivity index (χ2n) is 7.64. The fourth-order valence-corrected chi connectivity index (χ4v) is 4.68. The zero-order chi connectivity index (χ0) is 18.2. The van der Waals surface area contributed by atoms with Crippen LogP contribution in [0.1, 0.15) is 41.9 Å². The molecular formula is C23H23N3O. The van der Waals surface area contributed by atoms with Gasteiger partial charge in [-0.2, -0.15) is 0 Å². The molecule has 0 bridgehead atoms. The number of carbonyl (C=O) groups is 1. The van der Waals surface area contributed by atoms with Crippen molar-refractivity contribution in [1.82, 2.24) is 9.88 Å². The lowest BCUT2D eigenvalue weighted by atomic mass is 9.81. The summed E-state index contributed by atoms with van der Waals surface area (Å²) in [5.41, 5.74) is 7.39. The van der Waals surface area contributed by atoms with Crippen LogP contribution >= 0.6 is 0 Å². The molecule has 1 unspecified atom stereocenters. The number of rotatable bonds is 2. The van der Waals surface area contributed by atoms with Crippen LogP contribution in [0.25, 0.3) is 0 Å². The van der Waals surface area contributed by atoms with Crippen LogP contribution < -0.4 is 0 Å². The van der Waals surface area contributed by atoms with E-state index in [2.05, 4.69) is 34.1 Å². The Morgan fingerprint density at radius 2 is 1.93 bits per heavy atom. The summed E-state index contributed by atoms with van der Waals surface area (Å²) in [5.74, 6) is 0.300. The maximum Gasteiger partial charge on any atom is 0.230 e. The van der Waals surface area contributed by atoms with E-state index in [-0.39, 0.29) is 11.8 Å². The fourth-order valence-electron chi connectivity index (χ4n) is 4.68. The number of aliphatic imine (C=N–C) groups is 1. The normalized spacial score (nSPS) is 21.6. The van der Waals surface area contributed by atoms with E-state index < -0.39 is 0 Å². The van der Waals surface area contributed by atoms with Crippen LogP contribution in [0.3, 0.4) is 0 Å². The largest absolute Gasteiger partial charge is 0.337 e. The first-order chi connectivity index (χ1) is 13.3. The number of benzene rings is 1. The van der Waals surface area contributed by atoms with Gasteiger partial charge in [0, 0.05) is 31.0 Å². The van der Waals surface area contributed by atoms with E-state index in [9.17, 15) is 4.79 Å². The summed E-state index contributed by atoms with van der Waals surface area (Å²) in [5, 5.41) is 0. The van der Waals surface area contributed by atoms with Crippen molar-refractivity contribution in [3.05, 3.63) is 76.6 Å². The maximum absolute atomic E-state index is 13.4. The highest BCUT2D eigenvalue weighted by Gasteiger charge is 2.34. The third kappa shape index (κ3) is 2.89. The topological polar surface area (TPSA) is 45.6 Å². The summed E-state index contributed by atoms with van der Waals surface area (Å²) in [6.45, 7) is 2.28. The first kappa shape index (κ1) is 16.4. The van der Waals surface area contributed by atoms with Crippen molar-refractivity contribution in [2.24, 2.45) is 4.99 Å². The molecule has 0 radical (unpaired) electrons. The zero-order valence-electron chi connectivity index (χ0n) is 15.4. The Morgan fingerprint density at radius 1 is 1.07 bits per heavy atom. The van der Waals surface area contributed by atoms with Gasteiger partial charge in [0.25, 0.3) is 0 Å². The average Bonchev–Trinajstić information content (AvgIpc) is 3.17. The molecule has 1 amide bonds. The first-order valence-electron chi connectivity index (χ1n) is 9.84. The van der Waals surface area contributed by atoms with Crippen molar-refractivity contribution in [2.45, 2.75) is 31.6 Å². The fraction of sp³-hybridized carbons (Fsp3) is 0.348. The second-order valence-corrected chi connectivity index (χ2v) is 7.64. The number of aromatic nitrogens is 1. The van der Waals surface area contributed by atoms with Crippen molar-refractivity contribution in [1.29, 1.82) is 0 Å². The highest BCUT2D eigenvalue weighted by Crippen LogP contribution is 2.35. The van der Waals surface area contributed by atoms with E-state index in [4.69, 9.17) is 4.99 Å². The molecule has 0 saturated carbocycles. The first-order valence-corrected chi connectivity index (χ1v) is 9.84. The molecule has 27 heavy (non-hydrogen) atoms. The smallest absolute Gasteiger partial charge is 0.230 e. The van der Waals surface area contributed by atoms with Gasteiger partial charge in [0.15, 0.2) is 0 Å². The number of pyridine rings is 1. The summed E-state index contributed by atoms with van der Waals surface area (Å²) in [6, 6.07) is 12.5. The van der Waals surface area contributed by atoms with Crippen LogP contribution in [0.15, 0.2) is 64.9 Å². The van der Waals surface area contributed by atoms with Crippen molar-refractivity contribution < 1.29 is 4.79 Å². The highest BCUT2D eigenvalue weighted by molar-refractivity contribution is 6.15. The Balaban J connectivity index is 1.39. The molecule has 2 aliphatic heterocycles. The molecule has 136 valence electrons. The summed E-state index contributed by atoms with van der Waals surface area (Å²) in [4.78, 5) is 24.3. The van der Waals surface area contributed by atoms with E-state index in [1.807, 2.05) is 12.1 Å². The molecule has 1 aromatic carbocycles. The minimum absolute atomic E-state index is 0.0137. The average molecular weight is 357 g/mol. The van der Waals surface area contributed by atoms with Gasteiger partial charge >= 0.3 is 0 Å². The number of hydrogen-bond acceptors (Lipinski definition) is 3. The molecule has 0 fully saturated rings. The molecule has 2 aromatic rings. The lowest BCUT2D eigenvalue weighted by Gasteiger charge is -2.34. The summed E-state index contributed by atoms with van der Waals surface area (Å²) in [6.07, 6.45) is 7.70. The maximum atomic E-state index is 13.4. The van der Waals surface area contributed by atoms with E-state index in [0.717, 1.165) is 50.0 Å². The molecule has 1 aliphatic carbocycles. The lowest BCUT2D eigenvalue weighted by molar-refractivity contribution is -0.132. The number of fused-ring (bicyclic) bond motifs is 1. The van der Waals surface area contributed by atoms with Gasteiger partial charge in [-0.05, 0) is 60.1 Å². The quantitative estimate of drug-likeness (QED) is 0.825. The van der Waals surface area contributed by atoms with Crippen molar-refractivity contribution >= 4 is 11.6 Å². The minimum Gasteiger partial charge on any atom is -0.337 e. The molecule has 3 heterocycles. The Labute approximate surface area is 159 Å². The summed E-state index contributed by atoms with van der Waals surface area (Å²) in [7, 11) is 0. The standard InChI is InChI=1S/C23H23N3O/c27-23(20-7-3-5-16-4-1-2-6-19(16)20)26-13-10-18-14-25-22(21(18)15-26)17-8-11-24-12-9-17/h1-2,4,6,8-9,11-12,20H,3,5,7,10,13-15H2. The highest BCUT2D eigenvalue weighted by atomic mass is 16.2. The molecule has 0 spiro atoms. The van der Waals surface area contributed by atoms with Crippen LogP contribution in [0.2, 0.25) is 0 Å². The number of hydrogen-bond donors (Lipinski definition) is 0. The Hall–Kier alpha value is -2.75. The Morgan fingerprint density at radius 3 is 2.81 bits per heavy atom. The summed E-state index contributed by atoms with van der Waals surface area (Å²) >= 11 is 0. The van der Waals surface area contributed by atoms with E-state index in [1.54, 1.807) is 12.4 Å². The van der Waals surface area contributed by atoms with Crippen molar-refractivity contribution in [3.63, 3.8) is 0 Å². The van der Waals surface area contributed by atoms with Crippen LogP contribution in [-0.2, 0) is 11.2 Å². The van der Waals surface area contributed by atoms with Gasteiger partial charge in [-0.1, -0.05) is 24.3 Å². The van der Waals surface area contributed by atoms with Gasteiger partial charge in [-0.15, -0.1) is 0 Å². The van der Waals surface area contributed by atoms with Crippen LogP contribution in [0.5, 0.6) is 0 Å². The SMILES string of the molecule is O=C(C1CCCc2ccccc21)N1CCC2=C(C1)C(c1ccncc1)=NC2. The number of aryl methyl sites for hydroxylation is 1. The van der Waals surface area contributed by atoms with Gasteiger partial charge in [0.05, 0.1) is 18.2 Å². The molecule has 3 aliphatic rings. The zero-order valence-corrected chi connectivity index (χ0v) is 15.4. The van der Waals surface area contributed by atoms with Gasteiger partial charge in [0.2, 0.25) is 5.91 Å².